The smallest absolute Gasteiger partial charge is 0.0663 e. The molecule has 0 aliphatic carbocycles. The summed E-state index contributed by atoms with van der Waals surface area (Å²) in [5.41, 5.74) is 0. The third kappa shape index (κ3) is 8.65. The van der Waals surface area contributed by atoms with Crippen LogP contribution in [-0.4, -0.2) is 33.9 Å². The van der Waals surface area contributed by atoms with E-state index >= 15 is 0 Å². The van der Waals surface area contributed by atoms with Gasteiger partial charge in [-0.1, -0.05) is 19.6 Å². The zero-order chi connectivity index (χ0) is 7.71. The molecule has 2 heteroatoms. The van der Waals surface area contributed by atoms with E-state index in [0.717, 1.165) is 0 Å². The molecule has 0 aromatic rings. The topological polar surface area (TPSA) is 0 Å². The van der Waals surface area contributed by atoms with E-state index in [1.807, 2.05) is 0 Å². The average Bonchev–Trinajstić information content (AvgIpc) is 1.14. The highest BCUT2D eigenvalue weighted by atomic mass is 31.2. The Morgan fingerprint density at radius 1 is 1.00 bits per heavy atom. The van der Waals surface area contributed by atoms with Gasteiger partial charge in [0.25, 0.3) is 0 Å². The molecule has 56 valence electrons. The maximum atomic E-state index is 2.46. The maximum Gasteiger partial charge on any atom is 0.0888 e. The molecule has 0 saturated carbocycles. The highest BCUT2D eigenvalue weighted by Gasteiger charge is 2.27. The fourth-order valence-electron chi connectivity index (χ4n) is 1.42. The summed E-state index contributed by atoms with van der Waals surface area (Å²) in [7, 11) is -1.22. The maximum absolute atomic E-state index is 2.46. The van der Waals surface area contributed by atoms with Crippen molar-refractivity contribution in [3.8, 4) is 0 Å². The van der Waals surface area contributed by atoms with Crippen LogP contribution in [0.2, 0.25) is 19.6 Å². The molecular weight excluding hydrogens is 143 g/mol. The van der Waals surface area contributed by atoms with Gasteiger partial charge in [-0.2, -0.15) is 0 Å². The first-order valence-corrected chi connectivity index (χ1v) is 10.5. The van der Waals surface area contributed by atoms with Crippen molar-refractivity contribution in [1.29, 1.82) is 0 Å². The summed E-state index contributed by atoms with van der Waals surface area (Å²) in [6.07, 6.45) is 0. The predicted molar refractivity (Wildman–Crippen MR) is 52.9 cm³/mol. The predicted octanol–water partition coefficient (Wildman–Crippen LogP) is 2.77. The Morgan fingerprint density at radius 3 is 1.33 bits per heavy atom. The molecule has 0 aliphatic rings. The third-order valence-corrected chi connectivity index (χ3v) is 8.54. The zero-order valence-corrected chi connectivity index (χ0v) is 9.55. The molecule has 9 heavy (non-hydrogen) atoms. The van der Waals surface area contributed by atoms with Crippen LogP contribution in [0.5, 0.6) is 0 Å². The molecule has 0 bridgehead atoms. The van der Waals surface area contributed by atoms with Crippen LogP contribution < -0.4 is 0 Å². The Balaban J connectivity index is 3.75. The lowest BCUT2D eigenvalue weighted by Crippen LogP contribution is -2.27. The fraction of sp³-hybridized carbons (Fsp3) is 1.00. The lowest BCUT2D eigenvalue weighted by atomic mass is 11.7. The van der Waals surface area contributed by atoms with Crippen molar-refractivity contribution in [3.63, 3.8) is 0 Å². The van der Waals surface area contributed by atoms with E-state index in [2.05, 4.69) is 39.6 Å². The summed E-state index contributed by atoms with van der Waals surface area (Å²) in [6.45, 7) is 14.7. The standard InChI is InChI=1S/C7H20PSi/c1-8(2,3)7-9(4,5)6/h7H2,1-6H3/q+1. The van der Waals surface area contributed by atoms with E-state index in [1.54, 1.807) is 5.79 Å². The SMILES string of the molecule is C[Si](C)(C)C[P+](C)(C)C. The fourth-order valence-corrected chi connectivity index (χ4v) is 12.8. The molecule has 0 aliphatic heterocycles. The molecular formula is C7H20PSi+. The van der Waals surface area contributed by atoms with Crippen LogP contribution in [0.15, 0.2) is 0 Å². The van der Waals surface area contributed by atoms with Gasteiger partial charge in [-0.3, -0.25) is 0 Å². The summed E-state index contributed by atoms with van der Waals surface area (Å²) in [5, 5.41) is 0. The van der Waals surface area contributed by atoms with Crippen molar-refractivity contribution >= 4 is 15.3 Å². The highest BCUT2D eigenvalue weighted by Crippen LogP contribution is 2.48. The summed E-state index contributed by atoms with van der Waals surface area (Å²) < 4.78 is 0. The quantitative estimate of drug-likeness (QED) is 0.434. The van der Waals surface area contributed by atoms with E-state index in [1.165, 1.54) is 0 Å². The van der Waals surface area contributed by atoms with Crippen molar-refractivity contribution in [2.45, 2.75) is 19.6 Å². The van der Waals surface area contributed by atoms with Crippen LogP contribution in [0.3, 0.4) is 0 Å². The molecule has 0 radical (unpaired) electrons. The first kappa shape index (κ1) is 9.65. The van der Waals surface area contributed by atoms with Gasteiger partial charge in [0.05, 0.1) is 8.07 Å². The monoisotopic (exact) mass is 163 g/mol. The second kappa shape index (κ2) is 2.71. The minimum Gasteiger partial charge on any atom is -0.0663 e. The second-order valence-electron chi connectivity index (χ2n) is 5.01. The third-order valence-electron chi connectivity index (χ3n) is 0.949. The highest BCUT2D eigenvalue weighted by molar-refractivity contribution is 7.75. The van der Waals surface area contributed by atoms with Gasteiger partial charge in [0, 0.05) is 33.0 Å². The minimum atomic E-state index is -0.743. The van der Waals surface area contributed by atoms with Crippen LogP contribution in [0, 0.1) is 0 Å². The minimum absolute atomic E-state index is 0.476. The Kier molecular flexibility index (Phi) is 2.91. The molecule has 0 atom stereocenters. The molecule has 0 unspecified atom stereocenters. The Labute approximate surface area is 61.4 Å². The van der Waals surface area contributed by atoms with Gasteiger partial charge in [0.2, 0.25) is 0 Å². The van der Waals surface area contributed by atoms with Gasteiger partial charge >= 0.3 is 0 Å². The molecule has 0 heterocycles. The number of hydrogen-bond acceptors (Lipinski definition) is 0. The molecule has 0 aromatic heterocycles. The molecule has 0 rings (SSSR count). The summed E-state index contributed by atoms with van der Waals surface area (Å²) >= 11 is 0. The van der Waals surface area contributed by atoms with Crippen molar-refractivity contribution < 1.29 is 0 Å². The van der Waals surface area contributed by atoms with Gasteiger partial charge in [0.15, 0.2) is 0 Å². The summed E-state index contributed by atoms with van der Waals surface area (Å²) in [4.78, 5) is 0. The van der Waals surface area contributed by atoms with E-state index in [4.69, 9.17) is 0 Å². The molecule has 0 saturated heterocycles. The zero-order valence-electron chi connectivity index (χ0n) is 7.65. The van der Waals surface area contributed by atoms with Crippen molar-refractivity contribution in [2.75, 3.05) is 25.8 Å². The van der Waals surface area contributed by atoms with E-state index in [-0.39, 0.29) is 0 Å². The normalized spacial score (nSPS) is 14.0. The van der Waals surface area contributed by atoms with Gasteiger partial charge in [-0.05, 0) is 0 Å². The summed E-state index contributed by atoms with van der Waals surface area (Å²) in [6, 6.07) is 0. The number of hydrogen-bond donors (Lipinski definition) is 0. The molecule has 0 spiro atoms. The average molecular weight is 163 g/mol. The van der Waals surface area contributed by atoms with Gasteiger partial charge in [0.1, 0.15) is 0 Å². The van der Waals surface area contributed by atoms with Crippen LogP contribution in [-0.2, 0) is 0 Å². The van der Waals surface area contributed by atoms with Gasteiger partial charge in [-0.25, -0.2) is 0 Å². The van der Waals surface area contributed by atoms with Crippen LogP contribution in [0.1, 0.15) is 0 Å². The van der Waals surface area contributed by atoms with Crippen molar-refractivity contribution in [2.24, 2.45) is 0 Å². The van der Waals surface area contributed by atoms with Gasteiger partial charge < -0.3 is 0 Å². The van der Waals surface area contributed by atoms with E-state index in [0.29, 0.717) is 0 Å². The van der Waals surface area contributed by atoms with E-state index < -0.39 is 15.3 Å². The molecule has 0 nitrogen and oxygen atoms in total. The van der Waals surface area contributed by atoms with Crippen molar-refractivity contribution in [3.05, 3.63) is 0 Å². The second-order valence-corrected chi connectivity index (χ2v) is 16.0. The first-order valence-electron chi connectivity index (χ1n) is 3.51. The van der Waals surface area contributed by atoms with Crippen LogP contribution >= 0.6 is 7.26 Å². The molecule has 0 N–H and O–H groups in total. The first-order chi connectivity index (χ1) is 3.71. The Morgan fingerprint density at radius 2 is 1.33 bits per heavy atom. The molecule has 0 amide bonds. The molecule has 0 fully saturated rings. The Hall–Kier alpha value is 0.647. The largest absolute Gasteiger partial charge is 0.0888 e. The Bertz CT molecular complexity index is 74.1. The lowest BCUT2D eigenvalue weighted by Gasteiger charge is -2.21. The summed E-state index contributed by atoms with van der Waals surface area (Å²) in [5.74, 6) is 1.54. The molecule has 0 aromatic carbocycles. The van der Waals surface area contributed by atoms with Crippen LogP contribution in [0.25, 0.3) is 0 Å². The van der Waals surface area contributed by atoms with E-state index in [9.17, 15) is 0 Å². The van der Waals surface area contributed by atoms with Crippen LogP contribution in [0.4, 0.5) is 0 Å². The lowest BCUT2D eigenvalue weighted by molar-refractivity contribution is 1.63. The number of rotatable bonds is 2. The van der Waals surface area contributed by atoms with Crippen molar-refractivity contribution in [1.82, 2.24) is 0 Å². The van der Waals surface area contributed by atoms with Gasteiger partial charge in [-0.15, -0.1) is 0 Å².